The van der Waals surface area contributed by atoms with Crippen molar-refractivity contribution in [2.45, 2.75) is 39.7 Å². The highest BCUT2D eigenvalue weighted by atomic mass is 32.1. The number of hydrogen-bond acceptors (Lipinski definition) is 4. The van der Waals surface area contributed by atoms with Crippen LogP contribution in [0.4, 0.5) is 5.00 Å². The third-order valence-electron chi connectivity index (χ3n) is 2.40. The molecule has 4 nitrogen and oxygen atoms in total. The van der Waals surface area contributed by atoms with Crippen molar-refractivity contribution >= 4 is 22.5 Å². The first-order valence-electron chi connectivity index (χ1n) is 5.06. The Hall–Kier alpha value is -1.10. The van der Waals surface area contributed by atoms with E-state index in [-0.39, 0.29) is 0 Å². The van der Waals surface area contributed by atoms with E-state index >= 15 is 0 Å². The summed E-state index contributed by atoms with van der Waals surface area (Å²) >= 11 is 1.22. The van der Waals surface area contributed by atoms with Gasteiger partial charge >= 0.3 is 5.97 Å². The molecule has 0 bridgehead atoms. The van der Waals surface area contributed by atoms with Gasteiger partial charge in [0, 0.05) is 6.04 Å². The second-order valence-corrected chi connectivity index (χ2v) is 4.21. The first-order chi connectivity index (χ1) is 7.10. The topological polar surface area (TPSA) is 62.2 Å². The molecule has 1 rings (SSSR count). The summed E-state index contributed by atoms with van der Waals surface area (Å²) in [6, 6.07) is 0.322. The SMILES string of the molecule is CCC(CC)Nc1snc(C)c1C(=O)O. The number of nitrogens with zero attached hydrogens (tertiary/aromatic N) is 1. The number of anilines is 1. The van der Waals surface area contributed by atoms with Gasteiger partial charge in [-0.15, -0.1) is 0 Å². The Morgan fingerprint density at radius 1 is 1.53 bits per heavy atom. The molecular weight excluding hydrogens is 212 g/mol. The molecule has 0 saturated carbocycles. The van der Waals surface area contributed by atoms with Gasteiger partial charge in [0.05, 0.1) is 5.69 Å². The Bertz CT molecular complexity index is 345. The average Bonchev–Trinajstić information content (AvgIpc) is 2.56. The zero-order valence-electron chi connectivity index (χ0n) is 9.20. The van der Waals surface area contributed by atoms with E-state index in [1.165, 1.54) is 11.5 Å². The summed E-state index contributed by atoms with van der Waals surface area (Å²) in [6.07, 6.45) is 1.96. The molecule has 15 heavy (non-hydrogen) atoms. The van der Waals surface area contributed by atoms with Gasteiger partial charge in [-0.3, -0.25) is 0 Å². The zero-order valence-corrected chi connectivity index (χ0v) is 10.0. The maximum atomic E-state index is 11.0. The summed E-state index contributed by atoms with van der Waals surface area (Å²) in [6.45, 7) is 5.88. The Morgan fingerprint density at radius 3 is 2.60 bits per heavy atom. The second-order valence-electron chi connectivity index (χ2n) is 3.44. The monoisotopic (exact) mass is 228 g/mol. The van der Waals surface area contributed by atoms with E-state index in [2.05, 4.69) is 23.5 Å². The van der Waals surface area contributed by atoms with Gasteiger partial charge in [-0.05, 0) is 31.3 Å². The van der Waals surface area contributed by atoms with Crippen LogP contribution in [0.1, 0.15) is 42.7 Å². The maximum absolute atomic E-state index is 11.0. The van der Waals surface area contributed by atoms with Crippen molar-refractivity contribution in [3.63, 3.8) is 0 Å². The number of aromatic carboxylic acids is 1. The van der Waals surface area contributed by atoms with Crippen LogP contribution in [0.25, 0.3) is 0 Å². The second kappa shape index (κ2) is 5.11. The van der Waals surface area contributed by atoms with Gasteiger partial charge in [0.25, 0.3) is 0 Å². The van der Waals surface area contributed by atoms with Crippen molar-refractivity contribution in [2.75, 3.05) is 5.32 Å². The molecule has 0 unspecified atom stereocenters. The molecule has 0 aliphatic heterocycles. The van der Waals surface area contributed by atoms with Crippen molar-refractivity contribution in [1.82, 2.24) is 4.37 Å². The lowest BCUT2D eigenvalue weighted by atomic mass is 10.1. The number of hydrogen-bond donors (Lipinski definition) is 2. The van der Waals surface area contributed by atoms with Crippen LogP contribution >= 0.6 is 11.5 Å². The molecule has 0 atom stereocenters. The van der Waals surface area contributed by atoms with E-state index in [4.69, 9.17) is 5.11 Å². The summed E-state index contributed by atoms with van der Waals surface area (Å²) < 4.78 is 4.06. The molecule has 1 aromatic heterocycles. The Morgan fingerprint density at radius 2 is 2.13 bits per heavy atom. The number of aryl methyl sites for hydroxylation is 1. The zero-order chi connectivity index (χ0) is 11.4. The normalized spacial score (nSPS) is 10.7. The van der Waals surface area contributed by atoms with E-state index in [0.717, 1.165) is 12.8 Å². The highest BCUT2D eigenvalue weighted by Gasteiger charge is 2.18. The van der Waals surface area contributed by atoms with E-state index in [0.29, 0.717) is 22.3 Å². The van der Waals surface area contributed by atoms with Crippen LogP contribution in [0.3, 0.4) is 0 Å². The molecule has 1 heterocycles. The number of carboxylic acids is 1. The fourth-order valence-electron chi connectivity index (χ4n) is 1.40. The van der Waals surface area contributed by atoms with E-state index in [1.807, 2.05) is 0 Å². The minimum Gasteiger partial charge on any atom is -0.478 e. The quantitative estimate of drug-likeness (QED) is 0.813. The number of nitrogens with one attached hydrogen (secondary N) is 1. The van der Waals surface area contributed by atoms with Gasteiger partial charge in [-0.25, -0.2) is 4.79 Å². The summed E-state index contributed by atoms with van der Waals surface area (Å²) in [4.78, 5) is 11.0. The highest BCUT2D eigenvalue weighted by molar-refractivity contribution is 7.10. The minimum atomic E-state index is -0.908. The molecule has 0 fully saturated rings. The first kappa shape index (κ1) is 12.0. The standard InChI is InChI=1S/C10H16N2O2S/c1-4-7(5-2)11-9-8(10(13)14)6(3)12-15-9/h7,11H,4-5H2,1-3H3,(H,13,14). The van der Waals surface area contributed by atoms with Gasteiger partial charge < -0.3 is 10.4 Å². The van der Waals surface area contributed by atoms with Gasteiger partial charge in [-0.2, -0.15) is 4.37 Å². The van der Waals surface area contributed by atoms with Crippen LogP contribution in [0, 0.1) is 6.92 Å². The third-order valence-corrected chi connectivity index (χ3v) is 3.27. The molecular formula is C10H16N2O2S. The van der Waals surface area contributed by atoms with Crippen molar-refractivity contribution in [3.8, 4) is 0 Å². The molecule has 2 N–H and O–H groups in total. The fourth-order valence-corrected chi connectivity index (χ4v) is 2.26. The Kier molecular flexibility index (Phi) is 4.08. The predicted octanol–water partition coefficient (Wildman–Crippen LogP) is 2.75. The van der Waals surface area contributed by atoms with Gasteiger partial charge in [0.2, 0.25) is 0 Å². The molecule has 0 aromatic carbocycles. The van der Waals surface area contributed by atoms with Crippen LogP contribution in [-0.2, 0) is 0 Å². The summed E-state index contributed by atoms with van der Waals surface area (Å²) in [5, 5.41) is 12.9. The predicted molar refractivity (Wildman–Crippen MR) is 61.8 cm³/mol. The van der Waals surface area contributed by atoms with Crippen LogP contribution in [-0.4, -0.2) is 21.5 Å². The van der Waals surface area contributed by atoms with Crippen LogP contribution in [0.15, 0.2) is 0 Å². The Labute approximate surface area is 93.5 Å². The lowest BCUT2D eigenvalue weighted by molar-refractivity contribution is 0.0697. The Balaban J connectivity index is 2.89. The fraction of sp³-hybridized carbons (Fsp3) is 0.600. The van der Waals surface area contributed by atoms with Crippen molar-refractivity contribution in [2.24, 2.45) is 0 Å². The van der Waals surface area contributed by atoms with Gasteiger partial charge in [0.1, 0.15) is 10.6 Å². The summed E-state index contributed by atoms with van der Waals surface area (Å²) in [5.74, 6) is -0.908. The number of aromatic nitrogens is 1. The van der Waals surface area contributed by atoms with E-state index in [1.54, 1.807) is 6.92 Å². The molecule has 0 aliphatic carbocycles. The average molecular weight is 228 g/mol. The van der Waals surface area contributed by atoms with Crippen molar-refractivity contribution in [3.05, 3.63) is 11.3 Å². The van der Waals surface area contributed by atoms with Crippen molar-refractivity contribution < 1.29 is 9.90 Å². The van der Waals surface area contributed by atoms with Crippen LogP contribution in [0.2, 0.25) is 0 Å². The molecule has 1 aromatic rings. The minimum absolute atomic E-state index is 0.312. The molecule has 5 heteroatoms. The number of rotatable bonds is 5. The molecule has 0 spiro atoms. The summed E-state index contributed by atoms with van der Waals surface area (Å²) in [7, 11) is 0. The lowest BCUT2D eigenvalue weighted by Crippen LogP contribution is -2.17. The molecule has 0 saturated heterocycles. The van der Waals surface area contributed by atoms with Gasteiger partial charge in [0.15, 0.2) is 0 Å². The largest absolute Gasteiger partial charge is 0.478 e. The highest BCUT2D eigenvalue weighted by Crippen LogP contribution is 2.25. The lowest BCUT2D eigenvalue weighted by Gasteiger charge is -2.14. The smallest absolute Gasteiger partial charge is 0.340 e. The van der Waals surface area contributed by atoms with E-state index in [9.17, 15) is 4.79 Å². The maximum Gasteiger partial charge on any atom is 0.340 e. The van der Waals surface area contributed by atoms with Crippen molar-refractivity contribution in [1.29, 1.82) is 0 Å². The molecule has 84 valence electrons. The third kappa shape index (κ3) is 2.68. The molecule has 0 amide bonds. The molecule has 0 radical (unpaired) electrons. The number of carbonyl (C=O) groups is 1. The van der Waals surface area contributed by atoms with Gasteiger partial charge in [-0.1, -0.05) is 13.8 Å². The first-order valence-corrected chi connectivity index (χ1v) is 5.83. The van der Waals surface area contributed by atoms with Crippen LogP contribution < -0.4 is 5.32 Å². The number of carboxylic acid groups (broad SMARTS) is 1. The van der Waals surface area contributed by atoms with Crippen LogP contribution in [0.5, 0.6) is 0 Å². The van der Waals surface area contributed by atoms with E-state index < -0.39 is 5.97 Å². The molecule has 0 aliphatic rings. The summed E-state index contributed by atoms with van der Waals surface area (Å²) in [5.41, 5.74) is 0.896.